The molecular weight excluding hydrogens is 477 g/mol. The zero-order valence-electron chi connectivity index (χ0n) is 17.6. The van der Waals surface area contributed by atoms with Crippen LogP contribution in [-0.2, 0) is 21.3 Å². The summed E-state index contributed by atoms with van der Waals surface area (Å²) in [6.45, 7) is -0.239. The minimum Gasteiger partial charge on any atom is -0.439 e. The number of rotatable bonds is 3. The number of nitriles is 1. The first-order valence-corrected chi connectivity index (χ1v) is 12.1. The van der Waals surface area contributed by atoms with E-state index in [4.69, 9.17) is 22.1 Å². The monoisotopic (exact) mass is 493 g/mol. The standard InChI is InChI=1S/C25H17ClFN3O3S/c26-17-11-9-15(10-12-17)22-19(13-28)25(29)33-23-18-6-2-4-8-21(18)30(34(31,32)24(22)23)14-16-5-1-3-7-20(16)27/h1-12,22H,14,29H2/t22-/m1/s1. The highest BCUT2D eigenvalue weighted by molar-refractivity contribution is 7.96. The maximum Gasteiger partial charge on any atom is 0.265 e. The fourth-order valence-corrected chi connectivity index (χ4v) is 6.28. The van der Waals surface area contributed by atoms with Crippen molar-refractivity contribution in [2.75, 3.05) is 4.31 Å². The molecule has 0 fully saturated rings. The predicted molar refractivity (Wildman–Crippen MR) is 127 cm³/mol. The number of allylic oxidation sites excluding steroid dienone is 2. The van der Waals surface area contributed by atoms with E-state index >= 15 is 0 Å². The third-order valence-electron chi connectivity index (χ3n) is 5.83. The average molecular weight is 494 g/mol. The summed E-state index contributed by atoms with van der Waals surface area (Å²) in [4.78, 5) is -0.129. The van der Waals surface area contributed by atoms with Gasteiger partial charge in [-0.2, -0.15) is 5.26 Å². The summed E-state index contributed by atoms with van der Waals surface area (Å²) >= 11 is 6.04. The molecule has 2 aliphatic heterocycles. The van der Waals surface area contributed by atoms with Crippen molar-refractivity contribution in [1.29, 1.82) is 5.26 Å². The van der Waals surface area contributed by atoms with Crippen LogP contribution in [0, 0.1) is 17.1 Å². The van der Waals surface area contributed by atoms with Gasteiger partial charge in [-0.1, -0.05) is 54.1 Å². The molecule has 9 heteroatoms. The Balaban J connectivity index is 1.77. The third kappa shape index (κ3) is 3.41. The van der Waals surface area contributed by atoms with Crippen LogP contribution in [0.3, 0.4) is 0 Å². The highest BCUT2D eigenvalue weighted by Crippen LogP contribution is 2.51. The highest BCUT2D eigenvalue weighted by atomic mass is 35.5. The largest absolute Gasteiger partial charge is 0.439 e. The number of nitrogens with zero attached hydrogens (tertiary/aromatic N) is 2. The number of nitrogens with two attached hydrogens (primary N) is 1. The summed E-state index contributed by atoms with van der Waals surface area (Å²) in [7, 11) is -4.28. The van der Waals surface area contributed by atoms with Crippen molar-refractivity contribution in [2.45, 2.75) is 12.5 Å². The van der Waals surface area contributed by atoms with Gasteiger partial charge in [0.15, 0.2) is 5.76 Å². The van der Waals surface area contributed by atoms with Gasteiger partial charge in [0.05, 0.1) is 18.2 Å². The van der Waals surface area contributed by atoms with E-state index in [-0.39, 0.29) is 34.2 Å². The minimum absolute atomic E-state index is 0.0325. The summed E-state index contributed by atoms with van der Waals surface area (Å²) in [5, 5.41) is 10.3. The van der Waals surface area contributed by atoms with Crippen LogP contribution in [0.5, 0.6) is 0 Å². The van der Waals surface area contributed by atoms with E-state index in [0.29, 0.717) is 21.8 Å². The third-order valence-corrected chi connectivity index (χ3v) is 7.97. The van der Waals surface area contributed by atoms with Gasteiger partial charge < -0.3 is 10.5 Å². The molecule has 0 radical (unpaired) electrons. The Morgan fingerprint density at radius 3 is 2.44 bits per heavy atom. The van der Waals surface area contributed by atoms with E-state index in [1.165, 1.54) is 18.2 Å². The van der Waals surface area contributed by atoms with Crippen molar-refractivity contribution in [3.8, 4) is 6.07 Å². The van der Waals surface area contributed by atoms with Crippen molar-refractivity contribution < 1.29 is 17.5 Å². The van der Waals surface area contributed by atoms with Crippen LogP contribution >= 0.6 is 11.6 Å². The summed E-state index contributed by atoms with van der Waals surface area (Å²) in [5.41, 5.74) is 7.58. The number of ether oxygens (including phenoxy) is 1. The normalized spacial score (nSPS) is 18.6. The number of fused-ring (bicyclic) bond motifs is 2. The molecule has 0 spiro atoms. The maximum atomic E-state index is 14.5. The van der Waals surface area contributed by atoms with Gasteiger partial charge in [-0.25, -0.2) is 12.8 Å². The van der Waals surface area contributed by atoms with Crippen LogP contribution in [0.2, 0.25) is 5.02 Å². The molecule has 1 atom stereocenters. The number of anilines is 1. The molecule has 0 saturated carbocycles. The fourth-order valence-electron chi connectivity index (χ4n) is 4.25. The lowest BCUT2D eigenvalue weighted by atomic mass is 9.88. The number of para-hydroxylation sites is 1. The summed E-state index contributed by atoms with van der Waals surface area (Å²) < 4.78 is 49.6. The smallest absolute Gasteiger partial charge is 0.265 e. The lowest BCUT2D eigenvalue weighted by Crippen LogP contribution is -2.39. The van der Waals surface area contributed by atoms with Gasteiger partial charge in [0.2, 0.25) is 5.88 Å². The van der Waals surface area contributed by atoms with Gasteiger partial charge in [-0.15, -0.1) is 0 Å². The average Bonchev–Trinajstić information content (AvgIpc) is 2.82. The second-order valence-electron chi connectivity index (χ2n) is 7.79. The van der Waals surface area contributed by atoms with E-state index < -0.39 is 21.8 Å². The number of hydrogen-bond donors (Lipinski definition) is 1. The Morgan fingerprint density at radius 2 is 1.74 bits per heavy atom. The van der Waals surface area contributed by atoms with Crippen molar-refractivity contribution in [2.24, 2.45) is 5.73 Å². The molecule has 34 heavy (non-hydrogen) atoms. The van der Waals surface area contributed by atoms with Crippen LogP contribution in [0.4, 0.5) is 10.1 Å². The van der Waals surface area contributed by atoms with Crippen LogP contribution in [0.25, 0.3) is 5.76 Å². The van der Waals surface area contributed by atoms with Crippen LogP contribution in [0.1, 0.15) is 22.6 Å². The Labute approximate surface area is 201 Å². The van der Waals surface area contributed by atoms with E-state index in [9.17, 15) is 18.1 Å². The molecule has 2 aliphatic rings. The number of hydrogen-bond acceptors (Lipinski definition) is 5. The molecule has 2 N–H and O–H groups in total. The Morgan fingerprint density at radius 1 is 1.06 bits per heavy atom. The van der Waals surface area contributed by atoms with Gasteiger partial charge in [0, 0.05) is 16.1 Å². The topological polar surface area (TPSA) is 96.4 Å². The molecule has 0 saturated heterocycles. The number of benzene rings is 3. The van der Waals surface area contributed by atoms with Crippen molar-refractivity contribution in [3.63, 3.8) is 0 Å². The maximum absolute atomic E-state index is 14.5. The highest BCUT2D eigenvalue weighted by Gasteiger charge is 2.47. The van der Waals surface area contributed by atoms with Crippen LogP contribution in [-0.4, -0.2) is 8.42 Å². The Hall–Kier alpha value is -3.80. The lowest BCUT2D eigenvalue weighted by Gasteiger charge is -2.38. The van der Waals surface area contributed by atoms with Gasteiger partial charge in [-0.3, -0.25) is 4.31 Å². The molecule has 6 nitrogen and oxygen atoms in total. The van der Waals surface area contributed by atoms with E-state index in [2.05, 4.69) is 0 Å². The summed E-state index contributed by atoms with van der Waals surface area (Å²) in [5.74, 6) is -1.66. The first-order valence-electron chi connectivity index (χ1n) is 10.3. The molecular formula is C25H17ClFN3O3S. The molecule has 3 aromatic rings. The molecule has 0 unspecified atom stereocenters. The summed E-state index contributed by atoms with van der Waals surface area (Å²) in [6.07, 6.45) is 0. The van der Waals surface area contributed by atoms with E-state index in [0.717, 1.165) is 4.31 Å². The molecule has 3 aromatic carbocycles. The van der Waals surface area contributed by atoms with Crippen LogP contribution < -0.4 is 10.0 Å². The number of sulfonamides is 1. The van der Waals surface area contributed by atoms with Crippen molar-refractivity contribution in [1.82, 2.24) is 0 Å². The van der Waals surface area contributed by atoms with Gasteiger partial charge in [0.25, 0.3) is 10.0 Å². The quantitative estimate of drug-likeness (QED) is 0.553. The Bertz CT molecular complexity index is 1530. The molecule has 0 aliphatic carbocycles. The lowest BCUT2D eigenvalue weighted by molar-refractivity contribution is 0.357. The van der Waals surface area contributed by atoms with Crippen LogP contribution in [0.15, 0.2) is 89.2 Å². The molecule has 0 aromatic heterocycles. The molecule has 0 bridgehead atoms. The Kier molecular flexibility index (Phi) is 5.31. The first-order chi connectivity index (χ1) is 16.3. The predicted octanol–water partition coefficient (Wildman–Crippen LogP) is 5.01. The molecule has 170 valence electrons. The number of halogens is 2. The van der Waals surface area contributed by atoms with E-state index in [1.54, 1.807) is 54.6 Å². The molecule has 2 heterocycles. The zero-order chi connectivity index (χ0) is 24.0. The molecule has 0 amide bonds. The van der Waals surface area contributed by atoms with Gasteiger partial charge in [0.1, 0.15) is 22.4 Å². The molecule has 5 rings (SSSR count). The van der Waals surface area contributed by atoms with Crippen molar-refractivity contribution >= 4 is 33.1 Å². The second kappa shape index (κ2) is 8.20. The SMILES string of the molecule is N#CC1=C(N)OC2=C([C@@H]1c1ccc(Cl)cc1)S(=O)(=O)N(Cc1ccccc1F)c1ccccc12. The first kappa shape index (κ1) is 22.0. The minimum atomic E-state index is -4.28. The second-order valence-corrected chi connectivity index (χ2v) is 10.1. The van der Waals surface area contributed by atoms with Crippen molar-refractivity contribution in [3.05, 3.63) is 117 Å². The summed E-state index contributed by atoms with van der Waals surface area (Å²) in [6, 6.07) is 21.3. The zero-order valence-corrected chi connectivity index (χ0v) is 19.1. The van der Waals surface area contributed by atoms with Gasteiger partial charge >= 0.3 is 0 Å². The van der Waals surface area contributed by atoms with Gasteiger partial charge in [-0.05, 0) is 35.9 Å². The van der Waals surface area contributed by atoms with E-state index in [1.807, 2.05) is 6.07 Å². The fraction of sp³-hybridized carbons (Fsp3) is 0.0800.